The smallest absolute Gasteiger partial charge is 0.0236 e. The molecule has 0 atom stereocenters. The third kappa shape index (κ3) is 7.19. The van der Waals surface area contributed by atoms with Gasteiger partial charge in [-0.1, -0.05) is 60.7 Å². The monoisotopic (exact) mass is 418 g/mol. The summed E-state index contributed by atoms with van der Waals surface area (Å²) in [5.74, 6) is 1.91. The van der Waals surface area contributed by atoms with Crippen molar-refractivity contribution in [2.45, 2.75) is 89.3 Å². The maximum Gasteiger partial charge on any atom is 0.0236 e. The fraction of sp³-hybridized carbons (Fsp3) is 0.586. The molecule has 2 aliphatic rings. The van der Waals surface area contributed by atoms with Gasteiger partial charge >= 0.3 is 0 Å². The van der Waals surface area contributed by atoms with Gasteiger partial charge in [0, 0.05) is 18.6 Å². The Labute approximate surface area is 190 Å². The molecule has 4 rings (SSSR count). The number of hydrogen-bond donors (Lipinski definition) is 1. The van der Waals surface area contributed by atoms with Crippen LogP contribution in [0.5, 0.6) is 0 Å². The molecule has 0 radical (unpaired) electrons. The van der Waals surface area contributed by atoms with Crippen LogP contribution in [0.1, 0.15) is 75.3 Å². The molecule has 0 bridgehead atoms. The Balaban J connectivity index is 1.28. The number of hydrogen-bond acceptors (Lipinski definition) is 2. The first-order chi connectivity index (χ1) is 15.3. The van der Waals surface area contributed by atoms with Crippen LogP contribution in [0.25, 0.3) is 0 Å². The molecule has 2 aliphatic carbocycles. The van der Waals surface area contributed by atoms with Crippen molar-refractivity contribution in [2.75, 3.05) is 6.54 Å². The Bertz CT molecular complexity index is 728. The molecule has 0 aliphatic heterocycles. The highest BCUT2D eigenvalue weighted by molar-refractivity contribution is 5.16. The van der Waals surface area contributed by atoms with Crippen LogP contribution >= 0.6 is 0 Å². The predicted octanol–water partition coefficient (Wildman–Crippen LogP) is 6.59. The first kappa shape index (κ1) is 22.6. The standard InChI is InChI=1S/C29H42N2/c30-28-17-13-25(14-18-28)22-26-15-19-29(20-16-26)31(23-27-10-5-2-6-11-27)21-7-12-24-8-3-1-4-9-24/h1-6,8-11,25-26,28-29H,7,12-23,30H2. The Kier molecular flexibility index (Phi) is 8.61. The molecular weight excluding hydrogens is 376 g/mol. The van der Waals surface area contributed by atoms with E-state index in [2.05, 4.69) is 65.6 Å². The number of nitrogens with zero attached hydrogens (tertiary/aromatic N) is 1. The number of aryl methyl sites for hydroxylation is 1. The van der Waals surface area contributed by atoms with Gasteiger partial charge in [-0.2, -0.15) is 0 Å². The summed E-state index contributed by atoms with van der Waals surface area (Å²) in [4.78, 5) is 2.80. The normalized spacial score (nSPS) is 26.8. The fourth-order valence-electron chi connectivity index (χ4n) is 5.98. The Morgan fingerprint density at radius 3 is 1.84 bits per heavy atom. The van der Waals surface area contributed by atoms with Crippen LogP contribution in [0.3, 0.4) is 0 Å². The first-order valence-corrected chi connectivity index (χ1v) is 12.8. The molecule has 0 aromatic heterocycles. The van der Waals surface area contributed by atoms with Crippen molar-refractivity contribution in [2.24, 2.45) is 17.6 Å². The maximum atomic E-state index is 6.12. The van der Waals surface area contributed by atoms with Gasteiger partial charge in [0.15, 0.2) is 0 Å². The van der Waals surface area contributed by atoms with Crippen molar-refractivity contribution in [1.82, 2.24) is 4.90 Å². The summed E-state index contributed by atoms with van der Waals surface area (Å²) in [6.45, 7) is 2.31. The molecule has 0 saturated heterocycles. The summed E-state index contributed by atoms with van der Waals surface area (Å²) in [6, 6.07) is 23.3. The third-order valence-corrected chi connectivity index (χ3v) is 7.87. The van der Waals surface area contributed by atoms with E-state index in [-0.39, 0.29) is 0 Å². The van der Waals surface area contributed by atoms with Crippen molar-refractivity contribution in [3.8, 4) is 0 Å². The predicted molar refractivity (Wildman–Crippen MR) is 132 cm³/mol. The van der Waals surface area contributed by atoms with E-state index in [1.54, 1.807) is 0 Å². The molecule has 0 unspecified atom stereocenters. The lowest BCUT2D eigenvalue weighted by Gasteiger charge is -2.38. The van der Waals surface area contributed by atoms with Crippen LogP contribution in [0.4, 0.5) is 0 Å². The van der Waals surface area contributed by atoms with Gasteiger partial charge in [0.2, 0.25) is 0 Å². The highest BCUT2D eigenvalue weighted by atomic mass is 15.1. The highest BCUT2D eigenvalue weighted by Crippen LogP contribution is 2.36. The van der Waals surface area contributed by atoms with E-state index < -0.39 is 0 Å². The molecular formula is C29H42N2. The summed E-state index contributed by atoms with van der Waals surface area (Å²) in [7, 11) is 0. The van der Waals surface area contributed by atoms with Crippen molar-refractivity contribution in [3.05, 3.63) is 71.8 Å². The second kappa shape index (κ2) is 11.8. The topological polar surface area (TPSA) is 29.3 Å². The largest absolute Gasteiger partial charge is 0.328 e. The summed E-state index contributed by atoms with van der Waals surface area (Å²) < 4.78 is 0. The van der Waals surface area contributed by atoms with Gasteiger partial charge in [0.05, 0.1) is 0 Å². The minimum Gasteiger partial charge on any atom is -0.328 e. The van der Waals surface area contributed by atoms with Crippen molar-refractivity contribution >= 4 is 0 Å². The van der Waals surface area contributed by atoms with Crippen molar-refractivity contribution < 1.29 is 0 Å². The molecule has 2 aromatic carbocycles. The molecule has 2 saturated carbocycles. The SMILES string of the molecule is NC1CCC(CC2CCC(N(CCCc3ccccc3)Cc3ccccc3)CC2)CC1. The second-order valence-electron chi connectivity index (χ2n) is 10.2. The molecule has 31 heavy (non-hydrogen) atoms. The molecule has 2 N–H and O–H groups in total. The van der Waals surface area contributed by atoms with E-state index in [0.29, 0.717) is 6.04 Å². The van der Waals surface area contributed by atoms with Crippen LogP contribution in [0.15, 0.2) is 60.7 Å². The van der Waals surface area contributed by atoms with Crippen molar-refractivity contribution in [1.29, 1.82) is 0 Å². The molecule has 168 valence electrons. The van der Waals surface area contributed by atoms with Crippen LogP contribution in [-0.4, -0.2) is 23.5 Å². The fourth-order valence-corrected chi connectivity index (χ4v) is 5.98. The lowest BCUT2D eigenvalue weighted by molar-refractivity contribution is 0.116. The van der Waals surface area contributed by atoms with E-state index in [0.717, 1.165) is 24.4 Å². The molecule has 0 heterocycles. The van der Waals surface area contributed by atoms with E-state index in [9.17, 15) is 0 Å². The third-order valence-electron chi connectivity index (χ3n) is 7.87. The highest BCUT2D eigenvalue weighted by Gasteiger charge is 2.28. The molecule has 0 amide bonds. The van der Waals surface area contributed by atoms with Gasteiger partial charge in [0.1, 0.15) is 0 Å². The Morgan fingerprint density at radius 2 is 1.23 bits per heavy atom. The van der Waals surface area contributed by atoms with Gasteiger partial charge < -0.3 is 5.73 Å². The molecule has 2 heteroatoms. The second-order valence-corrected chi connectivity index (χ2v) is 10.2. The van der Waals surface area contributed by atoms with Gasteiger partial charge in [-0.25, -0.2) is 0 Å². The molecule has 2 fully saturated rings. The average molecular weight is 419 g/mol. The lowest BCUT2D eigenvalue weighted by atomic mass is 9.75. The van der Waals surface area contributed by atoms with Gasteiger partial charge in [0.25, 0.3) is 0 Å². The zero-order valence-electron chi connectivity index (χ0n) is 19.3. The summed E-state index contributed by atoms with van der Waals surface area (Å²) in [5.41, 5.74) is 9.05. The van der Waals surface area contributed by atoms with Crippen LogP contribution in [-0.2, 0) is 13.0 Å². The Morgan fingerprint density at radius 1 is 0.677 bits per heavy atom. The number of rotatable bonds is 9. The lowest BCUT2D eigenvalue weighted by Crippen LogP contribution is -2.39. The summed E-state index contributed by atoms with van der Waals surface area (Å²) >= 11 is 0. The molecule has 2 aromatic rings. The van der Waals surface area contributed by atoms with E-state index in [1.807, 2.05) is 0 Å². The van der Waals surface area contributed by atoms with Crippen LogP contribution in [0, 0.1) is 11.8 Å². The van der Waals surface area contributed by atoms with Gasteiger partial charge in [-0.05, 0) is 100 Å². The van der Waals surface area contributed by atoms with Crippen molar-refractivity contribution in [3.63, 3.8) is 0 Å². The van der Waals surface area contributed by atoms with E-state index in [4.69, 9.17) is 5.73 Å². The van der Waals surface area contributed by atoms with E-state index in [1.165, 1.54) is 88.3 Å². The zero-order valence-corrected chi connectivity index (χ0v) is 19.3. The van der Waals surface area contributed by atoms with Crippen LogP contribution in [0.2, 0.25) is 0 Å². The van der Waals surface area contributed by atoms with Gasteiger partial charge in [-0.3, -0.25) is 4.90 Å². The minimum absolute atomic E-state index is 0.481. The minimum atomic E-state index is 0.481. The maximum absolute atomic E-state index is 6.12. The van der Waals surface area contributed by atoms with Gasteiger partial charge in [-0.15, -0.1) is 0 Å². The number of benzene rings is 2. The zero-order chi connectivity index (χ0) is 21.3. The molecule has 2 nitrogen and oxygen atoms in total. The summed E-state index contributed by atoms with van der Waals surface area (Å²) in [5, 5.41) is 0. The van der Waals surface area contributed by atoms with E-state index >= 15 is 0 Å². The quantitative estimate of drug-likeness (QED) is 0.498. The summed E-state index contributed by atoms with van der Waals surface area (Å²) in [6.07, 6.45) is 14.8. The average Bonchev–Trinajstić information content (AvgIpc) is 2.82. The number of nitrogens with two attached hydrogens (primary N) is 1. The Hall–Kier alpha value is -1.64. The van der Waals surface area contributed by atoms with Crippen LogP contribution < -0.4 is 5.73 Å². The molecule has 0 spiro atoms. The first-order valence-electron chi connectivity index (χ1n) is 12.8.